The number of carbonyl (C=O) groups is 2. The van der Waals surface area contributed by atoms with Crippen LogP contribution in [0.4, 0.5) is 9.52 Å². The van der Waals surface area contributed by atoms with Crippen LogP contribution in [0, 0.1) is 5.82 Å². The fraction of sp³-hybridized carbons (Fsp3) is 0.476. The molecule has 3 rings (SSSR count). The van der Waals surface area contributed by atoms with Crippen LogP contribution in [-0.2, 0) is 24.3 Å². The minimum atomic E-state index is -4.29. The molecule has 1 N–H and O–H groups in total. The van der Waals surface area contributed by atoms with E-state index in [1.54, 1.807) is 16.5 Å². The maximum atomic E-state index is 13.9. The summed E-state index contributed by atoms with van der Waals surface area (Å²) in [4.78, 5) is 31.0. The van der Waals surface area contributed by atoms with Crippen LogP contribution in [0.2, 0.25) is 0 Å². The summed E-state index contributed by atoms with van der Waals surface area (Å²) in [5.41, 5.74) is 0. The zero-order valence-electron chi connectivity index (χ0n) is 17.9. The van der Waals surface area contributed by atoms with Crippen molar-refractivity contribution in [2.24, 2.45) is 0 Å². The molecule has 1 saturated carbocycles. The zero-order chi connectivity index (χ0) is 23.3. The number of hydrogen-bond donors (Lipinski definition) is 1. The molecule has 2 aromatic rings. The lowest BCUT2D eigenvalue weighted by atomic mass is 9.94. The van der Waals surface area contributed by atoms with E-state index in [-0.39, 0.29) is 6.04 Å². The third-order valence-corrected chi connectivity index (χ3v) is 7.60. The van der Waals surface area contributed by atoms with Gasteiger partial charge in [-0.15, -0.1) is 11.3 Å². The van der Waals surface area contributed by atoms with Gasteiger partial charge in [0.15, 0.2) is 11.2 Å². The molecule has 1 aliphatic rings. The first-order valence-corrected chi connectivity index (χ1v) is 12.8. The van der Waals surface area contributed by atoms with E-state index in [9.17, 15) is 22.4 Å². The highest BCUT2D eigenvalue weighted by atomic mass is 32.2. The molecule has 0 unspecified atom stereocenters. The molecule has 1 aromatic carbocycles. The number of carbonyl (C=O) groups excluding carboxylic acids is 2. The molecule has 0 radical (unpaired) electrons. The van der Waals surface area contributed by atoms with Crippen LogP contribution >= 0.6 is 11.3 Å². The first-order valence-electron chi connectivity index (χ1n) is 10.4. The molecule has 0 spiro atoms. The maximum Gasteiger partial charge on any atom is 0.324 e. The molecule has 0 saturated heterocycles. The van der Waals surface area contributed by atoms with Crippen molar-refractivity contribution in [2.45, 2.75) is 69.0 Å². The number of nitrogens with one attached hydrogen (secondary N) is 1. The summed E-state index contributed by atoms with van der Waals surface area (Å²) in [6.07, 6.45) is 5.26. The van der Waals surface area contributed by atoms with Crippen molar-refractivity contribution in [2.75, 3.05) is 4.90 Å². The Hall–Kier alpha value is -2.37. The molecular weight excluding hydrogens is 457 g/mol. The van der Waals surface area contributed by atoms with Gasteiger partial charge in [-0.25, -0.2) is 17.8 Å². The quantitative estimate of drug-likeness (QED) is 0.578. The largest absolute Gasteiger partial charge is 0.451 e. The van der Waals surface area contributed by atoms with Gasteiger partial charge in [-0.05, 0) is 38.8 Å². The van der Waals surface area contributed by atoms with Gasteiger partial charge in [0.1, 0.15) is 16.8 Å². The highest BCUT2D eigenvalue weighted by molar-refractivity contribution is 7.89. The summed E-state index contributed by atoms with van der Waals surface area (Å²) in [6.45, 7) is 2.72. The lowest BCUT2D eigenvalue weighted by Crippen LogP contribution is -2.48. The second kappa shape index (κ2) is 10.5. The topological polar surface area (TPSA) is 106 Å². The Balaban J connectivity index is 1.68. The van der Waals surface area contributed by atoms with Crippen LogP contribution in [0.1, 0.15) is 46.0 Å². The molecule has 8 nitrogen and oxygen atoms in total. The van der Waals surface area contributed by atoms with Gasteiger partial charge in [-0.3, -0.25) is 14.5 Å². The molecule has 0 aliphatic heterocycles. The van der Waals surface area contributed by atoms with Crippen molar-refractivity contribution in [1.82, 2.24) is 9.71 Å². The molecule has 1 fully saturated rings. The van der Waals surface area contributed by atoms with E-state index in [1.807, 2.05) is 0 Å². The maximum absolute atomic E-state index is 13.9. The lowest BCUT2D eigenvalue weighted by molar-refractivity contribution is -0.155. The van der Waals surface area contributed by atoms with Crippen LogP contribution in [0.25, 0.3) is 0 Å². The van der Waals surface area contributed by atoms with E-state index in [2.05, 4.69) is 9.71 Å². The number of ether oxygens (including phenoxy) is 1. The van der Waals surface area contributed by atoms with Crippen LogP contribution in [-0.4, -0.2) is 43.5 Å². The average Bonchev–Trinajstić information content (AvgIpc) is 3.28. The first-order chi connectivity index (χ1) is 15.2. The molecule has 1 aromatic heterocycles. The summed E-state index contributed by atoms with van der Waals surface area (Å²) in [7, 11) is -4.29. The van der Waals surface area contributed by atoms with Crippen molar-refractivity contribution in [3.63, 3.8) is 0 Å². The smallest absolute Gasteiger partial charge is 0.324 e. The van der Waals surface area contributed by atoms with Crippen molar-refractivity contribution in [3.05, 3.63) is 41.7 Å². The van der Waals surface area contributed by atoms with Crippen molar-refractivity contribution >= 4 is 38.4 Å². The molecule has 1 amide bonds. The number of sulfonamides is 1. The van der Waals surface area contributed by atoms with E-state index in [0.717, 1.165) is 44.2 Å². The van der Waals surface area contributed by atoms with Crippen LogP contribution in [0.5, 0.6) is 0 Å². The number of nitrogens with zero attached hydrogens (tertiary/aromatic N) is 2. The number of esters is 1. The second-order valence-electron chi connectivity index (χ2n) is 7.67. The highest BCUT2D eigenvalue weighted by Gasteiger charge is 2.34. The van der Waals surface area contributed by atoms with Gasteiger partial charge in [-0.2, -0.15) is 4.72 Å². The Kier molecular flexibility index (Phi) is 7.96. The number of aromatic nitrogens is 1. The number of anilines is 1. The predicted molar refractivity (Wildman–Crippen MR) is 118 cm³/mol. The Morgan fingerprint density at radius 3 is 2.53 bits per heavy atom. The van der Waals surface area contributed by atoms with Crippen molar-refractivity contribution in [3.8, 4) is 0 Å². The third kappa shape index (κ3) is 5.70. The fourth-order valence-corrected chi connectivity index (χ4v) is 5.62. The molecule has 11 heteroatoms. The van der Waals surface area contributed by atoms with E-state index in [0.29, 0.717) is 5.13 Å². The normalized spacial score (nSPS) is 16.8. The molecule has 1 aliphatic carbocycles. The Bertz CT molecular complexity index is 1040. The van der Waals surface area contributed by atoms with Gasteiger partial charge < -0.3 is 4.74 Å². The van der Waals surface area contributed by atoms with E-state index >= 15 is 0 Å². The number of halogens is 1. The molecule has 2 atom stereocenters. The van der Waals surface area contributed by atoms with Gasteiger partial charge in [0.25, 0.3) is 5.91 Å². The molecule has 0 bridgehead atoms. The van der Waals surface area contributed by atoms with Crippen molar-refractivity contribution in [1.29, 1.82) is 0 Å². The summed E-state index contributed by atoms with van der Waals surface area (Å²) < 4.78 is 46.1. The first kappa shape index (κ1) is 24.3. The molecular formula is C21H26FN3O5S2. The highest BCUT2D eigenvalue weighted by Crippen LogP contribution is 2.29. The van der Waals surface area contributed by atoms with E-state index in [4.69, 9.17) is 4.74 Å². The third-order valence-electron chi connectivity index (χ3n) is 5.25. The van der Waals surface area contributed by atoms with Crippen LogP contribution < -0.4 is 9.62 Å². The molecule has 1 heterocycles. The molecule has 174 valence electrons. The van der Waals surface area contributed by atoms with Gasteiger partial charge in [0, 0.05) is 17.6 Å². The predicted octanol–water partition coefficient (Wildman–Crippen LogP) is 3.25. The Morgan fingerprint density at radius 2 is 1.91 bits per heavy atom. The summed E-state index contributed by atoms with van der Waals surface area (Å²) in [6, 6.07) is 3.49. The second-order valence-corrected chi connectivity index (χ2v) is 10.2. The monoisotopic (exact) mass is 483 g/mol. The van der Waals surface area contributed by atoms with Crippen molar-refractivity contribution < 1.29 is 27.1 Å². The summed E-state index contributed by atoms with van der Waals surface area (Å²) >= 11 is 1.33. The summed E-state index contributed by atoms with van der Waals surface area (Å²) in [5, 5.41) is 2.31. The van der Waals surface area contributed by atoms with Gasteiger partial charge >= 0.3 is 5.97 Å². The van der Waals surface area contributed by atoms with Crippen LogP contribution in [0.15, 0.2) is 40.7 Å². The number of thiazole rings is 1. The van der Waals surface area contributed by atoms with Gasteiger partial charge in [0.05, 0.1) is 0 Å². The fourth-order valence-electron chi connectivity index (χ4n) is 3.63. The SMILES string of the molecule is C[C@@H](NS(=O)(=O)c1ccccc1F)C(=O)O[C@H](C)C(=O)N(c1nccs1)C1CCCCC1. The minimum Gasteiger partial charge on any atom is -0.451 e. The summed E-state index contributed by atoms with van der Waals surface area (Å²) in [5.74, 6) is -2.28. The number of hydrogen-bond acceptors (Lipinski definition) is 7. The van der Waals surface area contributed by atoms with Crippen LogP contribution in [0.3, 0.4) is 0 Å². The van der Waals surface area contributed by atoms with Gasteiger partial charge in [-0.1, -0.05) is 31.4 Å². The Labute approximate surface area is 190 Å². The number of benzene rings is 1. The van der Waals surface area contributed by atoms with E-state index < -0.39 is 44.8 Å². The van der Waals surface area contributed by atoms with Gasteiger partial charge in [0.2, 0.25) is 10.0 Å². The number of amides is 1. The average molecular weight is 484 g/mol. The molecule has 32 heavy (non-hydrogen) atoms. The lowest BCUT2D eigenvalue weighted by Gasteiger charge is -2.34. The van der Waals surface area contributed by atoms with E-state index in [1.165, 1.54) is 37.3 Å². The minimum absolute atomic E-state index is 0.0273. The zero-order valence-corrected chi connectivity index (χ0v) is 19.5. The standard InChI is InChI=1S/C21H26FN3O5S2/c1-14(24-32(28,29)18-11-7-6-10-17(18)22)20(27)30-15(2)19(26)25(21-23-12-13-31-21)16-8-4-3-5-9-16/h6-7,10-16,24H,3-5,8-9H2,1-2H3/t14-,15-/m1/s1. The number of rotatable bonds is 8. The Morgan fingerprint density at radius 1 is 1.22 bits per heavy atom.